The zero-order valence-electron chi connectivity index (χ0n) is 12.8. The number of aliphatic carboxylic acids is 1. The first-order valence-corrected chi connectivity index (χ1v) is 7.68. The SMILES string of the molecule is CC(c1ccccc1[N+](=O)[O-])N1CCCC(CCC(=O)O)C1. The second-order valence-electron chi connectivity index (χ2n) is 5.93. The van der Waals surface area contributed by atoms with Crippen LogP contribution >= 0.6 is 0 Å². The molecule has 2 rings (SSSR count). The Kier molecular flexibility index (Phi) is 5.49. The fraction of sp³-hybridized carbons (Fsp3) is 0.562. The average molecular weight is 306 g/mol. The van der Waals surface area contributed by atoms with Gasteiger partial charge in [0.1, 0.15) is 0 Å². The number of hydrogen-bond donors (Lipinski definition) is 1. The molecule has 2 atom stereocenters. The van der Waals surface area contributed by atoms with Crippen molar-refractivity contribution in [2.75, 3.05) is 13.1 Å². The van der Waals surface area contributed by atoms with Crippen molar-refractivity contribution < 1.29 is 14.8 Å². The second-order valence-corrected chi connectivity index (χ2v) is 5.93. The Morgan fingerprint density at radius 1 is 1.50 bits per heavy atom. The van der Waals surface area contributed by atoms with Gasteiger partial charge in [-0.2, -0.15) is 0 Å². The minimum Gasteiger partial charge on any atom is -0.481 e. The highest BCUT2D eigenvalue weighted by atomic mass is 16.6. The van der Waals surface area contributed by atoms with Crippen LogP contribution in [0.2, 0.25) is 0 Å². The van der Waals surface area contributed by atoms with E-state index in [1.807, 2.05) is 19.1 Å². The Bertz CT molecular complexity index is 547. The topological polar surface area (TPSA) is 83.7 Å². The van der Waals surface area contributed by atoms with Crippen molar-refractivity contribution in [2.24, 2.45) is 5.92 Å². The van der Waals surface area contributed by atoms with Gasteiger partial charge in [0.15, 0.2) is 0 Å². The highest BCUT2D eigenvalue weighted by Crippen LogP contribution is 2.32. The van der Waals surface area contributed by atoms with Gasteiger partial charge < -0.3 is 5.11 Å². The summed E-state index contributed by atoms with van der Waals surface area (Å²) < 4.78 is 0. The van der Waals surface area contributed by atoms with E-state index in [0.29, 0.717) is 12.3 Å². The van der Waals surface area contributed by atoms with E-state index in [9.17, 15) is 14.9 Å². The summed E-state index contributed by atoms with van der Waals surface area (Å²) in [6.07, 6.45) is 2.91. The number of piperidine rings is 1. The molecule has 1 saturated heterocycles. The summed E-state index contributed by atoms with van der Waals surface area (Å²) in [6, 6.07) is 6.82. The standard InChI is InChI=1S/C16H22N2O4/c1-12(14-6-2-3-7-15(14)18(21)22)17-10-4-5-13(11-17)8-9-16(19)20/h2-3,6-7,12-13H,4-5,8-11H2,1H3,(H,19,20). The van der Waals surface area contributed by atoms with E-state index < -0.39 is 5.97 Å². The maximum atomic E-state index is 11.2. The summed E-state index contributed by atoms with van der Waals surface area (Å²) in [5.74, 6) is -0.404. The van der Waals surface area contributed by atoms with Crippen LogP contribution in [0.5, 0.6) is 0 Å². The molecule has 0 radical (unpaired) electrons. The fourth-order valence-corrected chi connectivity index (χ4v) is 3.22. The number of likely N-dealkylation sites (tertiary alicyclic amines) is 1. The van der Waals surface area contributed by atoms with Gasteiger partial charge in [0.2, 0.25) is 0 Å². The molecule has 0 bridgehead atoms. The van der Waals surface area contributed by atoms with Crippen LogP contribution in [0.4, 0.5) is 5.69 Å². The van der Waals surface area contributed by atoms with E-state index in [1.165, 1.54) is 6.07 Å². The lowest BCUT2D eigenvalue weighted by atomic mass is 9.91. The molecule has 2 unspecified atom stereocenters. The van der Waals surface area contributed by atoms with Crippen molar-refractivity contribution in [1.82, 2.24) is 4.90 Å². The molecule has 0 amide bonds. The second kappa shape index (κ2) is 7.35. The molecule has 120 valence electrons. The maximum Gasteiger partial charge on any atom is 0.303 e. The van der Waals surface area contributed by atoms with E-state index >= 15 is 0 Å². The summed E-state index contributed by atoms with van der Waals surface area (Å²) in [6.45, 7) is 3.69. The third-order valence-electron chi connectivity index (χ3n) is 4.45. The lowest BCUT2D eigenvalue weighted by molar-refractivity contribution is -0.386. The molecule has 0 aromatic heterocycles. The van der Waals surface area contributed by atoms with Gasteiger partial charge in [-0.1, -0.05) is 18.2 Å². The minimum absolute atomic E-state index is 0.0331. The predicted molar refractivity (Wildman–Crippen MR) is 82.7 cm³/mol. The van der Waals surface area contributed by atoms with Crippen LogP contribution in [0, 0.1) is 16.0 Å². The van der Waals surface area contributed by atoms with Crippen molar-refractivity contribution in [3.8, 4) is 0 Å². The van der Waals surface area contributed by atoms with E-state index in [0.717, 1.165) is 31.5 Å². The quantitative estimate of drug-likeness (QED) is 0.644. The summed E-state index contributed by atoms with van der Waals surface area (Å²) >= 11 is 0. The number of rotatable bonds is 6. The van der Waals surface area contributed by atoms with Crippen LogP contribution in [0.25, 0.3) is 0 Å². The highest BCUT2D eigenvalue weighted by Gasteiger charge is 2.28. The first-order valence-electron chi connectivity index (χ1n) is 7.68. The number of hydrogen-bond acceptors (Lipinski definition) is 4. The van der Waals surface area contributed by atoms with Crippen molar-refractivity contribution in [2.45, 2.75) is 38.6 Å². The van der Waals surface area contributed by atoms with Crippen molar-refractivity contribution >= 4 is 11.7 Å². The molecule has 1 aromatic rings. The Morgan fingerprint density at radius 2 is 2.23 bits per heavy atom. The van der Waals surface area contributed by atoms with Crippen LogP contribution < -0.4 is 0 Å². The first kappa shape index (κ1) is 16.4. The summed E-state index contributed by atoms with van der Waals surface area (Å²) in [7, 11) is 0. The lowest BCUT2D eigenvalue weighted by Crippen LogP contribution is -2.37. The number of nitro groups is 1. The van der Waals surface area contributed by atoms with Crippen molar-refractivity contribution in [1.29, 1.82) is 0 Å². The molecule has 1 N–H and O–H groups in total. The maximum absolute atomic E-state index is 11.2. The minimum atomic E-state index is -0.760. The monoisotopic (exact) mass is 306 g/mol. The Hall–Kier alpha value is -1.95. The molecule has 1 aliphatic heterocycles. The molecule has 1 aliphatic rings. The van der Waals surface area contributed by atoms with E-state index in [1.54, 1.807) is 6.07 Å². The molecule has 0 aliphatic carbocycles. The summed E-state index contributed by atoms with van der Waals surface area (Å²) in [4.78, 5) is 23.8. The molecule has 6 nitrogen and oxygen atoms in total. The average Bonchev–Trinajstić information content (AvgIpc) is 2.52. The van der Waals surface area contributed by atoms with E-state index in [4.69, 9.17) is 5.11 Å². The molecule has 0 spiro atoms. The third-order valence-corrected chi connectivity index (χ3v) is 4.45. The van der Waals surface area contributed by atoms with Crippen LogP contribution in [0.1, 0.15) is 44.2 Å². The normalized spacial score (nSPS) is 20.5. The number of nitrogens with zero attached hydrogens (tertiary/aromatic N) is 2. The van der Waals surface area contributed by atoms with Gasteiger partial charge in [-0.05, 0) is 38.6 Å². The third kappa shape index (κ3) is 4.04. The first-order chi connectivity index (χ1) is 10.5. The molecule has 6 heteroatoms. The molecule has 1 fully saturated rings. The zero-order valence-corrected chi connectivity index (χ0v) is 12.8. The van der Waals surface area contributed by atoms with Gasteiger partial charge in [0, 0.05) is 30.6 Å². The largest absolute Gasteiger partial charge is 0.481 e. The lowest BCUT2D eigenvalue weighted by Gasteiger charge is -2.36. The van der Waals surface area contributed by atoms with Gasteiger partial charge in [-0.25, -0.2) is 0 Å². The number of benzene rings is 1. The highest BCUT2D eigenvalue weighted by molar-refractivity contribution is 5.66. The molecule has 0 saturated carbocycles. The molecular formula is C16H22N2O4. The zero-order chi connectivity index (χ0) is 16.1. The van der Waals surface area contributed by atoms with E-state index in [2.05, 4.69) is 4.90 Å². The molecular weight excluding hydrogens is 284 g/mol. The molecule has 1 heterocycles. The number of para-hydroxylation sites is 1. The van der Waals surface area contributed by atoms with Crippen LogP contribution in [-0.4, -0.2) is 34.0 Å². The van der Waals surface area contributed by atoms with Crippen molar-refractivity contribution in [3.63, 3.8) is 0 Å². The Balaban J connectivity index is 2.07. The Labute approximate surface area is 129 Å². The summed E-state index contributed by atoms with van der Waals surface area (Å²) in [5, 5.41) is 20.0. The van der Waals surface area contributed by atoms with Crippen molar-refractivity contribution in [3.05, 3.63) is 39.9 Å². The summed E-state index contributed by atoms with van der Waals surface area (Å²) in [5.41, 5.74) is 0.883. The van der Waals surface area contributed by atoms with E-state index in [-0.39, 0.29) is 23.1 Å². The van der Waals surface area contributed by atoms with Crippen LogP contribution in [-0.2, 0) is 4.79 Å². The van der Waals surface area contributed by atoms with Crippen LogP contribution in [0.15, 0.2) is 24.3 Å². The fourth-order valence-electron chi connectivity index (χ4n) is 3.22. The van der Waals surface area contributed by atoms with Crippen LogP contribution in [0.3, 0.4) is 0 Å². The number of carbonyl (C=O) groups is 1. The predicted octanol–water partition coefficient (Wildman–Crippen LogP) is 3.23. The number of nitro benzene ring substituents is 1. The molecule has 1 aromatic carbocycles. The van der Waals surface area contributed by atoms with Gasteiger partial charge in [-0.3, -0.25) is 19.8 Å². The van der Waals surface area contributed by atoms with Gasteiger partial charge in [-0.15, -0.1) is 0 Å². The molecule has 22 heavy (non-hydrogen) atoms. The smallest absolute Gasteiger partial charge is 0.303 e. The number of carboxylic acid groups (broad SMARTS) is 1. The van der Waals surface area contributed by atoms with Gasteiger partial charge in [0.05, 0.1) is 4.92 Å². The Morgan fingerprint density at radius 3 is 2.91 bits per heavy atom. The van der Waals surface area contributed by atoms with Gasteiger partial charge in [0.25, 0.3) is 5.69 Å². The number of carboxylic acids is 1. The van der Waals surface area contributed by atoms with Gasteiger partial charge >= 0.3 is 5.97 Å².